The van der Waals surface area contributed by atoms with Gasteiger partial charge in [0.25, 0.3) is 0 Å². The Labute approximate surface area is 267 Å². The minimum Gasteiger partial charge on any atom is -0.481 e. The number of allylic oxidation sites excluding steroid dienone is 2. The molecule has 0 bridgehead atoms. The van der Waals surface area contributed by atoms with Gasteiger partial charge in [0, 0.05) is 0 Å². The zero-order valence-corrected chi connectivity index (χ0v) is 28.2. The van der Waals surface area contributed by atoms with Gasteiger partial charge in [-0.25, -0.2) is 4.79 Å². The molecule has 6 aliphatic rings. The molecule has 254 valence electrons. The molecular weight excluding hydrogens is 576 g/mol. The van der Waals surface area contributed by atoms with Gasteiger partial charge in [-0.15, -0.1) is 0 Å². The summed E-state index contributed by atoms with van der Waals surface area (Å²) in [6, 6.07) is 0. The van der Waals surface area contributed by atoms with Crippen molar-refractivity contribution in [3.63, 3.8) is 0 Å². The van der Waals surface area contributed by atoms with Crippen molar-refractivity contribution in [2.45, 2.75) is 149 Å². The van der Waals surface area contributed by atoms with Crippen LogP contribution < -0.4 is 0 Å². The summed E-state index contributed by atoms with van der Waals surface area (Å²) in [6.45, 7) is 16.4. The fraction of sp³-hybridized carbons (Fsp3) is 0.889. The Morgan fingerprint density at radius 2 is 1.49 bits per heavy atom. The highest BCUT2D eigenvalue weighted by Gasteiger charge is 2.69. The molecule has 5 fully saturated rings. The van der Waals surface area contributed by atoms with Crippen LogP contribution in [0.4, 0.5) is 0 Å². The summed E-state index contributed by atoms with van der Waals surface area (Å²) in [7, 11) is 0. The van der Waals surface area contributed by atoms with E-state index >= 15 is 0 Å². The highest BCUT2D eigenvalue weighted by Crippen LogP contribution is 2.76. The number of carboxylic acids is 2. The number of aliphatic hydroxyl groups excluding tert-OH is 3. The van der Waals surface area contributed by atoms with E-state index in [0.717, 1.165) is 57.8 Å². The van der Waals surface area contributed by atoms with Crippen LogP contribution >= 0.6 is 0 Å². The fourth-order valence-electron chi connectivity index (χ4n) is 12.2. The second kappa shape index (κ2) is 10.5. The number of rotatable bonds is 4. The number of fused-ring (bicyclic) bond motifs is 7. The minimum atomic E-state index is -1.75. The predicted octanol–water partition coefficient (Wildman–Crippen LogP) is 5.15. The fourth-order valence-corrected chi connectivity index (χ4v) is 12.2. The smallest absolute Gasteiger partial charge is 0.335 e. The molecule has 1 unspecified atom stereocenters. The van der Waals surface area contributed by atoms with Gasteiger partial charge in [-0.05, 0) is 109 Å². The van der Waals surface area contributed by atoms with Crippen LogP contribution in [-0.2, 0) is 19.1 Å². The monoisotopic (exact) mass is 632 g/mol. The number of hydrogen-bond acceptors (Lipinski definition) is 7. The van der Waals surface area contributed by atoms with E-state index in [2.05, 4.69) is 54.5 Å². The van der Waals surface area contributed by atoms with Gasteiger partial charge in [-0.3, -0.25) is 4.79 Å². The SMILES string of the molecule is CC1(C)CC[C@]2(C(=O)O)CC[C@]3(C)C(=CC[C@@H]4[C@@]5(C)CC[C@H](OC6O[C@H](C(=O)O)[C@@H](O)[C@H](O)[C@H]6O)C(C)(C)[C@@H]5CC[C@]43C)[C@@H]2C1. The molecule has 9 nitrogen and oxygen atoms in total. The van der Waals surface area contributed by atoms with Crippen LogP contribution in [-0.4, -0.2) is 74.3 Å². The molecule has 0 radical (unpaired) electrons. The summed E-state index contributed by atoms with van der Waals surface area (Å²) in [5.74, 6) is -1.24. The summed E-state index contributed by atoms with van der Waals surface area (Å²) in [4.78, 5) is 24.6. The van der Waals surface area contributed by atoms with Crippen molar-refractivity contribution in [1.29, 1.82) is 0 Å². The van der Waals surface area contributed by atoms with E-state index in [1.807, 2.05) is 0 Å². The zero-order chi connectivity index (χ0) is 33.1. The van der Waals surface area contributed by atoms with Crippen molar-refractivity contribution in [3.05, 3.63) is 11.6 Å². The molecule has 45 heavy (non-hydrogen) atoms. The molecule has 5 N–H and O–H groups in total. The summed E-state index contributed by atoms with van der Waals surface area (Å²) in [6.07, 6.45) is 2.94. The average Bonchev–Trinajstić information content (AvgIpc) is 2.94. The van der Waals surface area contributed by atoms with E-state index in [0.29, 0.717) is 18.3 Å². The highest BCUT2D eigenvalue weighted by atomic mass is 16.7. The zero-order valence-electron chi connectivity index (χ0n) is 28.2. The maximum absolute atomic E-state index is 12.9. The van der Waals surface area contributed by atoms with Crippen molar-refractivity contribution in [2.75, 3.05) is 0 Å². The van der Waals surface area contributed by atoms with Crippen LogP contribution in [0.3, 0.4) is 0 Å². The number of ether oxygens (including phenoxy) is 2. The molecule has 0 amide bonds. The number of aliphatic carboxylic acids is 2. The van der Waals surface area contributed by atoms with Crippen molar-refractivity contribution in [1.82, 2.24) is 0 Å². The predicted molar refractivity (Wildman–Crippen MR) is 166 cm³/mol. The third-order valence-corrected chi connectivity index (χ3v) is 15.1. The first-order chi connectivity index (χ1) is 20.7. The minimum absolute atomic E-state index is 0.0000841. The maximum atomic E-state index is 12.9. The van der Waals surface area contributed by atoms with E-state index in [-0.39, 0.29) is 39.1 Å². The van der Waals surface area contributed by atoms with Crippen LogP contribution in [0.1, 0.15) is 113 Å². The summed E-state index contributed by atoms with van der Waals surface area (Å²) in [5, 5.41) is 51.4. The maximum Gasteiger partial charge on any atom is 0.335 e. The third-order valence-electron chi connectivity index (χ3n) is 15.1. The van der Waals surface area contributed by atoms with Gasteiger partial charge in [0.1, 0.15) is 18.3 Å². The molecule has 5 aliphatic carbocycles. The Balaban J connectivity index is 1.29. The van der Waals surface area contributed by atoms with Crippen molar-refractivity contribution in [3.8, 4) is 0 Å². The Bertz CT molecular complexity index is 1260. The molecule has 1 heterocycles. The van der Waals surface area contributed by atoms with Crippen LogP contribution in [0.5, 0.6) is 0 Å². The summed E-state index contributed by atoms with van der Waals surface area (Å²) in [5.41, 5.74) is 0.508. The van der Waals surface area contributed by atoms with Gasteiger partial charge in [-0.2, -0.15) is 0 Å². The average molecular weight is 633 g/mol. The Hall–Kier alpha value is -1.52. The van der Waals surface area contributed by atoms with E-state index in [1.165, 1.54) is 5.57 Å². The second-order valence-corrected chi connectivity index (χ2v) is 17.9. The van der Waals surface area contributed by atoms with E-state index in [9.17, 15) is 35.1 Å². The molecule has 6 rings (SSSR count). The van der Waals surface area contributed by atoms with Gasteiger partial charge < -0.3 is 35.0 Å². The van der Waals surface area contributed by atoms with Gasteiger partial charge in [0.2, 0.25) is 0 Å². The van der Waals surface area contributed by atoms with Gasteiger partial charge in [-0.1, -0.05) is 60.1 Å². The van der Waals surface area contributed by atoms with Crippen molar-refractivity contribution < 1.29 is 44.6 Å². The Kier molecular flexibility index (Phi) is 7.78. The van der Waals surface area contributed by atoms with Crippen molar-refractivity contribution in [2.24, 2.45) is 50.2 Å². The first kappa shape index (κ1) is 33.4. The lowest BCUT2D eigenvalue weighted by Gasteiger charge is -2.71. The largest absolute Gasteiger partial charge is 0.481 e. The summed E-state index contributed by atoms with van der Waals surface area (Å²) >= 11 is 0. The molecular formula is C36H56O9. The Morgan fingerprint density at radius 3 is 2.13 bits per heavy atom. The second-order valence-electron chi connectivity index (χ2n) is 17.9. The van der Waals surface area contributed by atoms with Crippen LogP contribution in [0.15, 0.2) is 11.6 Å². The molecule has 0 spiro atoms. The van der Waals surface area contributed by atoms with E-state index in [4.69, 9.17) is 9.47 Å². The van der Waals surface area contributed by atoms with Crippen LogP contribution in [0.2, 0.25) is 0 Å². The quantitative estimate of drug-likeness (QED) is 0.209. The first-order valence-corrected chi connectivity index (χ1v) is 17.3. The molecule has 1 aliphatic heterocycles. The lowest BCUT2D eigenvalue weighted by atomic mass is 9.33. The lowest BCUT2D eigenvalue weighted by molar-refractivity contribution is -0.324. The molecule has 0 aromatic heterocycles. The molecule has 1 saturated heterocycles. The molecule has 9 heteroatoms. The van der Waals surface area contributed by atoms with Gasteiger partial charge >= 0.3 is 11.9 Å². The van der Waals surface area contributed by atoms with Gasteiger partial charge in [0.15, 0.2) is 12.4 Å². The number of carboxylic acid groups (broad SMARTS) is 2. The molecule has 13 atom stereocenters. The normalized spacial score (nSPS) is 51.9. The van der Waals surface area contributed by atoms with Crippen LogP contribution in [0, 0.1) is 50.2 Å². The van der Waals surface area contributed by atoms with E-state index < -0.39 is 48.1 Å². The third kappa shape index (κ3) is 4.57. The lowest BCUT2D eigenvalue weighted by Crippen LogP contribution is -2.66. The van der Waals surface area contributed by atoms with Crippen molar-refractivity contribution >= 4 is 11.9 Å². The number of carbonyl (C=O) groups is 2. The van der Waals surface area contributed by atoms with E-state index in [1.54, 1.807) is 0 Å². The molecule has 0 aromatic rings. The number of hydrogen-bond donors (Lipinski definition) is 5. The molecule has 0 aromatic carbocycles. The highest BCUT2D eigenvalue weighted by molar-refractivity contribution is 5.76. The topological polar surface area (TPSA) is 154 Å². The first-order valence-electron chi connectivity index (χ1n) is 17.3. The van der Waals surface area contributed by atoms with Gasteiger partial charge in [0.05, 0.1) is 11.5 Å². The Morgan fingerprint density at radius 1 is 0.822 bits per heavy atom. The molecule has 4 saturated carbocycles. The summed E-state index contributed by atoms with van der Waals surface area (Å²) < 4.78 is 11.9. The standard InChI is InChI=1S/C36H56O9/c1-31(2)14-16-36(30(42)43)17-15-34(6)19(20(36)18-31)8-9-22-33(5)12-11-23(32(3,4)21(33)10-13-35(22,34)7)44-29-26(39)24(37)25(38)27(45-29)28(40)41/h8,20-27,29,37-39H,9-18H2,1-7H3,(H,40,41)(H,42,43)/t20-,21-,22+,23-,24-,25-,26+,27-,29?,33-,34+,35+,36-/m0/s1. The van der Waals surface area contributed by atoms with Crippen LogP contribution in [0.25, 0.3) is 0 Å². The number of aliphatic hydroxyl groups is 3.